The van der Waals surface area contributed by atoms with E-state index in [2.05, 4.69) is 17.3 Å². The summed E-state index contributed by atoms with van der Waals surface area (Å²) in [5.74, 6) is 2.77. The number of amides is 1. The highest BCUT2D eigenvalue weighted by molar-refractivity contribution is 6.32. The molecule has 1 aromatic heterocycles. The highest BCUT2D eigenvalue weighted by Gasteiger charge is 2.42. The lowest BCUT2D eigenvalue weighted by atomic mass is 9.84. The maximum Gasteiger partial charge on any atom is 0.271 e. The smallest absolute Gasteiger partial charge is 0.271 e. The highest BCUT2D eigenvalue weighted by atomic mass is 35.5. The number of benzene rings is 1. The third-order valence-corrected chi connectivity index (χ3v) is 6.17. The normalized spacial score (nSPS) is 25.2. The zero-order chi connectivity index (χ0) is 18.1. The van der Waals surface area contributed by atoms with Gasteiger partial charge in [-0.25, -0.2) is 4.68 Å². The van der Waals surface area contributed by atoms with Gasteiger partial charge in [-0.05, 0) is 62.1 Å². The predicted octanol–water partition coefficient (Wildman–Crippen LogP) is 4.13. The SMILES string of the molecule is CC(NC(=O)c1ccn(COc2ccccc2Cl)n1)C1CC2CCC1C2. The number of nitrogens with zero attached hydrogens (tertiary/aromatic N) is 2. The van der Waals surface area contributed by atoms with Crippen LogP contribution in [0.15, 0.2) is 36.5 Å². The van der Waals surface area contributed by atoms with E-state index in [0.29, 0.717) is 22.4 Å². The molecule has 2 aromatic rings. The Morgan fingerprint density at radius 3 is 2.92 bits per heavy atom. The van der Waals surface area contributed by atoms with Gasteiger partial charge in [0.1, 0.15) is 11.4 Å². The van der Waals surface area contributed by atoms with Crippen LogP contribution in [-0.4, -0.2) is 21.7 Å². The first kappa shape index (κ1) is 17.4. The first-order valence-corrected chi connectivity index (χ1v) is 9.69. The Bertz CT molecular complexity index is 791. The van der Waals surface area contributed by atoms with E-state index in [1.807, 2.05) is 12.1 Å². The van der Waals surface area contributed by atoms with Crippen molar-refractivity contribution in [1.29, 1.82) is 0 Å². The lowest BCUT2D eigenvalue weighted by Crippen LogP contribution is -2.40. The number of ether oxygens (including phenoxy) is 1. The zero-order valence-corrected chi connectivity index (χ0v) is 15.7. The van der Waals surface area contributed by atoms with Gasteiger partial charge in [0.05, 0.1) is 5.02 Å². The maximum atomic E-state index is 12.5. The summed E-state index contributed by atoms with van der Waals surface area (Å²) in [6, 6.07) is 9.20. The molecular weight excluding hydrogens is 350 g/mol. The second kappa shape index (κ2) is 7.31. The Hall–Kier alpha value is -2.01. The van der Waals surface area contributed by atoms with Crippen LogP contribution in [0.4, 0.5) is 0 Å². The van der Waals surface area contributed by atoms with E-state index in [0.717, 1.165) is 11.8 Å². The monoisotopic (exact) mass is 373 g/mol. The molecular formula is C20H24ClN3O2. The van der Waals surface area contributed by atoms with E-state index in [-0.39, 0.29) is 18.7 Å². The van der Waals surface area contributed by atoms with Gasteiger partial charge in [0.2, 0.25) is 0 Å². The molecule has 26 heavy (non-hydrogen) atoms. The van der Waals surface area contributed by atoms with Crippen LogP contribution in [0, 0.1) is 17.8 Å². The average molecular weight is 374 g/mol. The summed E-state index contributed by atoms with van der Waals surface area (Å²) in [5.41, 5.74) is 0.419. The molecule has 0 saturated heterocycles. The van der Waals surface area contributed by atoms with Gasteiger partial charge in [0.15, 0.2) is 6.73 Å². The van der Waals surface area contributed by atoms with Gasteiger partial charge >= 0.3 is 0 Å². The molecule has 0 radical (unpaired) electrons. The summed E-state index contributed by atoms with van der Waals surface area (Å²) in [5, 5.41) is 8.01. The quantitative estimate of drug-likeness (QED) is 0.828. The van der Waals surface area contributed by atoms with Crippen molar-refractivity contribution in [3.63, 3.8) is 0 Å². The number of fused-ring (bicyclic) bond motifs is 2. The second-order valence-corrected chi connectivity index (χ2v) is 7.95. The fourth-order valence-electron chi connectivity index (χ4n) is 4.55. The van der Waals surface area contributed by atoms with Crippen LogP contribution >= 0.6 is 11.6 Å². The lowest BCUT2D eigenvalue weighted by molar-refractivity contribution is 0.0908. The summed E-state index contributed by atoms with van der Waals surface area (Å²) in [6.07, 6.45) is 7.04. The summed E-state index contributed by atoms with van der Waals surface area (Å²) < 4.78 is 7.25. The number of carbonyl (C=O) groups excluding carboxylic acids is 1. The molecule has 2 aliphatic rings. The minimum absolute atomic E-state index is 0.114. The number of nitrogens with one attached hydrogen (secondary N) is 1. The van der Waals surface area contributed by atoms with E-state index in [1.165, 1.54) is 25.7 Å². The van der Waals surface area contributed by atoms with Crippen LogP contribution in [0.3, 0.4) is 0 Å². The first-order chi connectivity index (χ1) is 12.6. The minimum Gasteiger partial charge on any atom is -0.470 e. The van der Waals surface area contributed by atoms with E-state index in [9.17, 15) is 4.79 Å². The molecule has 5 nitrogen and oxygen atoms in total. The Kier molecular flexibility index (Phi) is 4.90. The molecule has 0 aliphatic heterocycles. The molecule has 1 heterocycles. The number of aromatic nitrogens is 2. The largest absolute Gasteiger partial charge is 0.470 e. The van der Waals surface area contributed by atoms with Gasteiger partial charge in [-0.1, -0.05) is 30.2 Å². The van der Waals surface area contributed by atoms with Crippen molar-refractivity contribution < 1.29 is 9.53 Å². The van der Waals surface area contributed by atoms with Crippen molar-refractivity contribution in [2.45, 2.75) is 45.4 Å². The van der Waals surface area contributed by atoms with Crippen LogP contribution < -0.4 is 10.1 Å². The topological polar surface area (TPSA) is 56.2 Å². The van der Waals surface area contributed by atoms with Crippen LogP contribution in [0.5, 0.6) is 5.75 Å². The van der Waals surface area contributed by atoms with Crippen LogP contribution in [0.25, 0.3) is 0 Å². The van der Waals surface area contributed by atoms with E-state index < -0.39 is 0 Å². The number of rotatable bonds is 6. The maximum absolute atomic E-state index is 12.5. The van der Waals surface area contributed by atoms with Gasteiger partial charge in [0, 0.05) is 12.2 Å². The van der Waals surface area contributed by atoms with E-state index >= 15 is 0 Å². The number of hydrogen-bond acceptors (Lipinski definition) is 3. The second-order valence-electron chi connectivity index (χ2n) is 7.55. The van der Waals surface area contributed by atoms with E-state index in [1.54, 1.807) is 29.1 Å². The molecule has 1 N–H and O–H groups in total. The zero-order valence-electron chi connectivity index (χ0n) is 14.9. The van der Waals surface area contributed by atoms with E-state index in [4.69, 9.17) is 16.3 Å². The third kappa shape index (κ3) is 3.58. The molecule has 4 atom stereocenters. The molecule has 4 unspecified atom stereocenters. The van der Waals surface area contributed by atoms with Crippen molar-refractivity contribution >= 4 is 17.5 Å². The average Bonchev–Trinajstić information content (AvgIpc) is 3.37. The Balaban J connectivity index is 1.32. The van der Waals surface area contributed by atoms with Crippen LogP contribution in [0.1, 0.15) is 43.1 Å². The molecule has 4 rings (SSSR count). The van der Waals surface area contributed by atoms with Crippen molar-refractivity contribution in [3.8, 4) is 5.75 Å². The molecule has 0 spiro atoms. The Morgan fingerprint density at radius 2 is 2.19 bits per heavy atom. The standard InChI is InChI=1S/C20H24ClN3O2/c1-13(16-11-14-6-7-15(16)10-14)22-20(25)18-8-9-24(23-18)12-26-19-5-3-2-4-17(19)21/h2-5,8-9,13-16H,6-7,10-12H2,1H3,(H,22,25). The molecule has 138 valence electrons. The minimum atomic E-state index is -0.114. The first-order valence-electron chi connectivity index (χ1n) is 9.32. The van der Waals surface area contributed by atoms with Gasteiger partial charge in [-0.15, -0.1) is 0 Å². The molecule has 2 saturated carbocycles. The number of halogens is 1. The number of para-hydroxylation sites is 1. The molecule has 2 fully saturated rings. The highest BCUT2D eigenvalue weighted by Crippen LogP contribution is 2.49. The summed E-state index contributed by atoms with van der Waals surface area (Å²) >= 11 is 6.07. The summed E-state index contributed by atoms with van der Waals surface area (Å²) in [4.78, 5) is 12.5. The third-order valence-electron chi connectivity index (χ3n) is 5.86. The number of carbonyl (C=O) groups is 1. The Labute approximate surface area is 158 Å². The van der Waals surface area contributed by atoms with Crippen molar-refractivity contribution in [1.82, 2.24) is 15.1 Å². The summed E-state index contributed by atoms with van der Waals surface area (Å²) in [6.45, 7) is 2.33. The number of hydrogen-bond donors (Lipinski definition) is 1. The fraction of sp³-hybridized carbons (Fsp3) is 0.500. The van der Waals surface area contributed by atoms with Crippen LogP contribution in [0.2, 0.25) is 5.02 Å². The Morgan fingerprint density at radius 1 is 1.35 bits per heavy atom. The lowest BCUT2D eigenvalue weighted by Gasteiger charge is -2.28. The molecule has 2 bridgehead atoms. The van der Waals surface area contributed by atoms with Crippen molar-refractivity contribution in [2.24, 2.45) is 17.8 Å². The van der Waals surface area contributed by atoms with Crippen LogP contribution in [-0.2, 0) is 6.73 Å². The fourth-order valence-corrected chi connectivity index (χ4v) is 4.74. The van der Waals surface area contributed by atoms with Gasteiger partial charge < -0.3 is 10.1 Å². The van der Waals surface area contributed by atoms with Crippen molar-refractivity contribution in [2.75, 3.05) is 0 Å². The van der Waals surface area contributed by atoms with Gasteiger partial charge in [0.25, 0.3) is 5.91 Å². The van der Waals surface area contributed by atoms with Crippen molar-refractivity contribution in [3.05, 3.63) is 47.2 Å². The molecule has 1 aromatic carbocycles. The van der Waals surface area contributed by atoms with Gasteiger partial charge in [-0.2, -0.15) is 5.10 Å². The molecule has 1 amide bonds. The molecule has 2 aliphatic carbocycles. The van der Waals surface area contributed by atoms with Gasteiger partial charge in [-0.3, -0.25) is 4.79 Å². The molecule has 6 heteroatoms. The predicted molar refractivity (Wildman–Crippen MR) is 100 cm³/mol. The summed E-state index contributed by atoms with van der Waals surface area (Å²) in [7, 11) is 0.